The van der Waals surface area contributed by atoms with Crippen LogP contribution in [0.25, 0.3) is 0 Å². The Balaban J connectivity index is 4.21. The van der Waals surface area contributed by atoms with Gasteiger partial charge in [0.15, 0.2) is 5.11 Å². The molecule has 0 aromatic heterocycles. The number of hydrogen-bond donors (Lipinski definition) is 1. The highest BCUT2D eigenvalue weighted by molar-refractivity contribution is 7.80. The number of nitrogens with zero attached hydrogens (tertiary/aromatic N) is 2. The van der Waals surface area contributed by atoms with Crippen molar-refractivity contribution in [1.82, 2.24) is 10.3 Å². The van der Waals surface area contributed by atoms with Crippen molar-refractivity contribution >= 4 is 28.8 Å². The van der Waals surface area contributed by atoms with Crippen molar-refractivity contribution in [2.45, 2.75) is 20.3 Å². The minimum Gasteiger partial charge on any atom is -0.364 e. The first-order chi connectivity index (χ1) is 5.97. The maximum atomic E-state index is 10.7. The van der Waals surface area contributed by atoms with Gasteiger partial charge in [0.2, 0.25) is 0 Å². The van der Waals surface area contributed by atoms with Crippen LogP contribution >= 0.6 is 12.2 Å². The zero-order valence-corrected chi connectivity index (χ0v) is 9.23. The molecule has 0 aliphatic rings. The number of carbonyl (C=O) groups is 1. The Labute approximate surface area is 84.0 Å². The summed E-state index contributed by atoms with van der Waals surface area (Å²) in [6.07, 6.45) is 0.372. The average molecular weight is 201 g/mol. The second-order valence-corrected chi connectivity index (χ2v) is 3.18. The quantitative estimate of drug-likeness (QED) is 0.416. The molecular weight excluding hydrogens is 186 g/mol. The molecule has 0 heterocycles. The molecule has 0 saturated carbocycles. The maximum absolute atomic E-state index is 10.7. The first kappa shape index (κ1) is 12.0. The summed E-state index contributed by atoms with van der Waals surface area (Å²) >= 11 is 4.93. The molecule has 74 valence electrons. The molecule has 0 unspecified atom stereocenters. The molecule has 0 fully saturated rings. The Morgan fingerprint density at radius 2 is 2.08 bits per heavy atom. The van der Waals surface area contributed by atoms with Crippen LogP contribution in [0.4, 0.5) is 0 Å². The van der Waals surface area contributed by atoms with E-state index in [9.17, 15) is 4.79 Å². The van der Waals surface area contributed by atoms with Gasteiger partial charge in [0, 0.05) is 26.2 Å². The van der Waals surface area contributed by atoms with E-state index in [0.29, 0.717) is 11.5 Å². The summed E-state index contributed by atoms with van der Waals surface area (Å²) < 4.78 is 0. The van der Waals surface area contributed by atoms with Gasteiger partial charge in [-0.15, -0.1) is 0 Å². The molecule has 1 N–H and O–H groups in total. The monoisotopic (exact) mass is 201 g/mol. The minimum absolute atomic E-state index is 0.102. The lowest BCUT2D eigenvalue weighted by Crippen LogP contribution is -2.31. The van der Waals surface area contributed by atoms with E-state index in [0.717, 1.165) is 5.71 Å². The van der Waals surface area contributed by atoms with E-state index in [1.165, 1.54) is 11.9 Å². The van der Waals surface area contributed by atoms with Gasteiger partial charge in [-0.3, -0.25) is 4.79 Å². The molecule has 0 spiro atoms. The van der Waals surface area contributed by atoms with Crippen LogP contribution in [-0.2, 0) is 4.79 Å². The lowest BCUT2D eigenvalue weighted by molar-refractivity contribution is -0.115. The summed E-state index contributed by atoms with van der Waals surface area (Å²) in [5, 5.41) is 8.97. The van der Waals surface area contributed by atoms with Gasteiger partial charge in [0.05, 0.1) is 0 Å². The molecule has 5 heteroatoms. The zero-order chi connectivity index (χ0) is 10.4. The Morgan fingerprint density at radius 1 is 1.54 bits per heavy atom. The molecule has 0 radical (unpaired) electrons. The predicted molar refractivity (Wildman–Crippen MR) is 57.8 cm³/mol. The highest BCUT2D eigenvalue weighted by Crippen LogP contribution is 1.92. The topological polar surface area (TPSA) is 44.7 Å². The normalized spacial score (nSPS) is 10.9. The summed E-state index contributed by atoms with van der Waals surface area (Å²) in [6.45, 7) is 3.34. The molecule has 0 aromatic carbocycles. The largest absolute Gasteiger partial charge is 0.364 e. The number of thiocarbonyl (C=S) groups is 1. The summed E-state index contributed by atoms with van der Waals surface area (Å²) in [4.78, 5) is 10.7. The van der Waals surface area contributed by atoms with Gasteiger partial charge in [-0.2, -0.15) is 5.10 Å². The van der Waals surface area contributed by atoms with Crippen LogP contribution in [0.5, 0.6) is 0 Å². The van der Waals surface area contributed by atoms with Gasteiger partial charge in [0.1, 0.15) is 5.78 Å². The number of Topliss-reactive ketones (excluding diaryl/α,β-unsaturated/α-hetero) is 1. The molecular formula is C8H15N3OS. The van der Waals surface area contributed by atoms with Gasteiger partial charge >= 0.3 is 0 Å². The van der Waals surface area contributed by atoms with Crippen molar-refractivity contribution in [3.8, 4) is 0 Å². The van der Waals surface area contributed by atoms with Gasteiger partial charge < -0.3 is 5.32 Å². The van der Waals surface area contributed by atoms with Gasteiger partial charge in [0.25, 0.3) is 0 Å². The summed E-state index contributed by atoms with van der Waals surface area (Å²) in [5.41, 5.74) is 0.757. The number of rotatable bonds is 3. The summed E-state index contributed by atoms with van der Waals surface area (Å²) in [5.74, 6) is 0.102. The Bertz CT molecular complexity index is 238. The van der Waals surface area contributed by atoms with Crippen molar-refractivity contribution in [1.29, 1.82) is 0 Å². The minimum atomic E-state index is 0.102. The SMILES string of the molecule is CNC(=S)N(C)/N=C(\C)CC(C)=O. The second-order valence-electron chi connectivity index (χ2n) is 2.79. The highest BCUT2D eigenvalue weighted by atomic mass is 32.1. The van der Waals surface area contributed by atoms with E-state index in [2.05, 4.69) is 10.4 Å². The molecule has 0 atom stereocenters. The zero-order valence-electron chi connectivity index (χ0n) is 8.42. The lowest BCUT2D eigenvalue weighted by atomic mass is 10.2. The number of carbonyl (C=O) groups excluding carboxylic acids is 1. The summed E-state index contributed by atoms with van der Waals surface area (Å²) in [6, 6.07) is 0. The number of ketones is 1. The Kier molecular flexibility index (Phi) is 5.22. The lowest BCUT2D eigenvalue weighted by Gasteiger charge is -2.14. The van der Waals surface area contributed by atoms with E-state index in [1.54, 1.807) is 21.0 Å². The second kappa shape index (κ2) is 5.64. The molecule has 0 amide bonds. The van der Waals surface area contributed by atoms with Crippen LogP contribution in [-0.4, -0.2) is 35.7 Å². The van der Waals surface area contributed by atoms with Crippen molar-refractivity contribution in [3.05, 3.63) is 0 Å². The smallest absolute Gasteiger partial charge is 0.189 e. The van der Waals surface area contributed by atoms with Crippen molar-refractivity contribution in [2.24, 2.45) is 5.10 Å². The molecule has 0 aliphatic heterocycles. The molecule has 13 heavy (non-hydrogen) atoms. The highest BCUT2D eigenvalue weighted by Gasteiger charge is 2.01. The first-order valence-electron chi connectivity index (χ1n) is 3.96. The standard InChI is InChI=1S/C8H15N3OS/c1-6(5-7(2)12)10-11(4)8(13)9-3/h5H2,1-4H3,(H,9,13)/b10-6+. The maximum Gasteiger partial charge on any atom is 0.189 e. The summed E-state index contributed by atoms with van der Waals surface area (Å²) in [7, 11) is 3.47. The van der Waals surface area contributed by atoms with E-state index in [1.807, 2.05) is 0 Å². The molecule has 4 nitrogen and oxygen atoms in total. The van der Waals surface area contributed by atoms with Crippen LogP contribution in [0.1, 0.15) is 20.3 Å². The van der Waals surface area contributed by atoms with Crippen molar-refractivity contribution in [3.63, 3.8) is 0 Å². The third-order valence-corrected chi connectivity index (χ3v) is 1.80. The van der Waals surface area contributed by atoms with Crippen LogP contribution in [0, 0.1) is 0 Å². The average Bonchev–Trinajstić information content (AvgIpc) is 2.01. The van der Waals surface area contributed by atoms with Crippen LogP contribution < -0.4 is 5.32 Å². The van der Waals surface area contributed by atoms with Crippen molar-refractivity contribution < 1.29 is 4.79 Å². The molecule has 0 aromatic rings. The fraction of sp³-hybridized carbons (Fsp3) is 0.625. The van der Waals surface area contributed by atoms with Crippen LogP contribution in [0.3, 0.4) is 0 Å². The van der Waals surface area contributed by atoms with Crippen LogP contribution in [0.2, 0.25) is 0 Å². The van der Waals surface area contributed by atoms with Crippen molar-refractivity contribution in [2.75, 3.05) is 14.1 Å². The number of hydrogen-bond acceptors (Lipinski definition) is 3. The molecule has 0 aliphatic carbocycles. The fourth-order valence-corrected chi connectivity index (χ4v) is 0.900. The fourth-order valence-electron chi connectivity index (χ4n) is 0.859. The number of hydrazone groups is 1. The first-order valence-corrected chi connectivity index (χ1v) is 4.37. The Morgan fingerprint density at radius 3 is 2.46 bits per heavy atom. The third kappa shape index (κ3) is 5.30. The predicted octanol–water partition coefficient (Wildman–Crippen LogP) is 0.777. The van der Waals surface area contributed by atoms with E-state index in [-0.39, 0.29) is 5.78 Å². The van der Waals surface area contributed by atoms with Crippen LogP contribution in [0.15, 0.2) is 5.10 Å². The Hall–Kier alpha value is -0.970. The molecule has 0 saturated heterocycles. The molecule has 0 bridgehead atoms. The third-order valence-electron chi connectivity index (χ3n) is 1.33. The van der Waals surface area contributed by atoms with E-state index in [4.69, 9.17) is 12.2 Å². The van der Waals surface area contributed by atoms with Gasteiger partial charge in [-0.05, 0) is 26.1 Å². The van der Waals surface area contributed by atoms with E-state index >= 15 is 0 Å². The van der Waals surface area contributed by atoms with E-state index < -0.39 is 0 Å². The number of nitrogens with one attached hydrogen (secondary N) is 1. The molecule has 0 rings (SSSR count). The van der Waals surface area contributed by atoms with Gasteiger partial charge in [-0.25, -0.2) is 5.01 Å². The van der Waals surface area contributed by atoms with Gasteiger partial charge in [-0.1, -0.05) is 0 Å².